The first-order valence-corrected chi connectivity index (χ1v) is 6.10. The van der Waals surface area contributed by atoms with Gasteiger partial charge in [-0.25, -0.2) is 4.98 Å². The lowest BCUT2D eigenvalue weighted by molar-refractivity contribution is -0.142. The van der Waals surface area contributed by atoms with Crippen LogP contribution in [0.5, 0.6) is 0 Å². The van der Waals surface area contributed by atoms with Gasteiger partial charge in [-0.15, -0.1) is 0 Å². The molecule has 1 unspecified atom stereocenters. The molecule has 0 amide bonds. The fourth-order valence-electron chi connectivity index (χ4n) is 2.42. The summed E-state index contributed by atoms with van der Waals surface area (Å²) < 4.78 is 0. The van der Waals surface area contributed by atoms with Gasteiger partial charge in [0.15, 0.2) is 0 Å². The van der Waals surface area contributed by atoms with Crippen LogP contribution in [-0.2, 0) is 17.6 Å². The molecule has 0 spiro atoms. The van der Waals surface area contributed by atoms with Gasteiger partial charge in [-0.05, 0) is 12.8 Å². The van der Waals surface area contributed by atoms with Crippen molar-refractivity contribution in [1.82, 2.24) is 9.97 Å². The van der Waals surface area contributed by atoms with Gasteiger partial charge in [-0.3, -0.25) is 4.79 Å². The van der Waals surface area contributed by atoms with Gasteiger partial charge in [0.1, 0.15) is 5.82 Å². The number of fused-ring (bicyclic) bond motifs is 1. The summed E-state index contributed by atoms with van der Waals surface area (Å²) in [4.78, 5) is 18.8. The molecule has 0 bridgehead atoms. The van der Waals surface area contributed by atoms with Gasteiger partial charge in [0.2, 0.25) is 0 Å². The number of aliphatic carboxylic acids is 1. The summed E-state index contributed by atoms with van der Waals surface area (Å²) >= 11 is 0. The second kappa shape index (κ2) is 4.29. The molecular weight excluding hydrogens is 228 g/mol. The smallest absolute Gasteiger partial charge is 0.306 e. The average Bonchev–Trinajstić information content (AvgIpc) is 2.82. The van der Waals surface area contributed by atoms with Crippen LogP contribution in [0.15, 0.2) is 30.3 Å². The molecule has 0 saturated carbocycles. The quantitative estimate of drug-likeness (QED) is 0.849. The minimum atomic E-state index is -0.712. The molecule has 92 valence electrons. The van der Waals surface area contributed by atoms with E-state index >= 15 is 0 Å². The van der Waals surface area contributed by atoms with Crippen molar-refractivity contribution in [3.8, 4) is 11.4 Å². The number of nitrogens with one attached hydrogen (secondary N) is 1. The monoisotopic (exact) mass is 242 g/mol. The van der Waals surface area contributed by atoms with Crippen LogP contribution in [0.4, 0.5) is 0 Å². The van der Waals surface area contributed by atoms with Crippen LogP contribution in [-0.4, -0.2) is 21.0 Å². The van der Waals surface area contributed by atoms with Crippen LogP contribution >= 0.6 is 0 Å². The van der Waals surface area contributed by atoms with E-state index in [4.69, 9.17) is 5.11 Å². The minimum Gasteiger partial charge on any atom is -0.481 e. The Morgan fingerprint density at radius 3 is 2.83 bits per heavy atom. The molecule has 0 aliphatic heterocycles. The van der Waals surface area contributed by atoms with E-state index in [1.165, 1.54) is 0 Å². The normalized spacial score (nSPS) is 18.3. The van der Waals surface area contributed by atoms with Crippen molar-refractivity contribution >= 4 is 5.97 Å². The Kier molecular flexibility index (Phi) is 2.63. The van der Waals surface area contributed by atoms with Crippen LogP contribution in [0.1, 0.15) is 17.8 Å². The first-order valence-electron chi connectivity index (χ1n) is 6.10. The molecule has 1 aliphatic carbocycles. The van der Waals surface area contributed by atoms with Crippen molar-refractivity contribution in [2.75, 3.05) is 0 Å². The molecule has 1 heterocycles. The molecular formula is C14H14N2O2. The van der Waals surface area contributed by atoms with E-state index in [0.29, 0.717) is 12.8 Å². The molecule has 0 fully saturated rings. The number of hydrogen-bond donors (Lipinski definition) is 2. The first-order chi connectivity index (χ1) is 8.74. The highest BCUT2D eigenvalue weighted by Crippen LogP contribution is 2.27. The number of imidazole rings is 1. The molecule has 0 radical (unpaired) electrons. The van der Waals surface area contributed by atoms with E-state index in [1.54, 1.807) is 0 Å². The Bertz CT molecular complexity index is 575. The van der Waals surface area contributed by atoms with Crippen molar-refractivity contribution in [1.29, 1.82) is 0 Å². The third-order valence-electron chi connectivity index (χ3n) is 3.44. The van der Waals surface area contributed by atoms with Gasteiger partial charge in [0.25, 0.3) is 0 Å². The number of benzene rings is 1. The second-order valence-electron chi connectivity index (χ2n) is 4.65. The number of nitrogens with zero attached hydrogens (tertiary/aromatic N) is 1. The molecule has 4 nitrogen and oxygen atoms in total. The van der Waals surface area contributed by atoms with Crippen molar-refractivity contribution in [2.45, 2.75) is 19.3 Å². The van der Waals surface area contributed by atoms with E-state index in [-0.39, 0.29) is 5.92 Å². The lowest BCUT2D eigenvalue weighted by atomic mass is 9.90. The topological polar surface area (TPSA) is 66.0 Å². The van der Waals surface area contributed by atoms with Crippen LogP contribution < -0.4 is 0 Å². The fourth-order valence-corrected chi connectivity index (χ4v) is 2.42. The first kappa shape index (κ1) is 11.0. The zero-order chi connectivity index (χ0) is 12.5. The van der Waals surface area contributed by atoms with Crippen LogP contribution in [0, 0.1) is 5.92 Å². The Morgan fingerprint density at radius 2 is 2.11 bits per heavy atom. The predicted molar refractivity (Wildman–Crippen MR) is 67.2 cm³/mol. The number of carboxylic acid groups (broad SMARTS) is 1. The number of carboxylic acids is 1. The van der Waals surface area contributed by atoms with Crippen molar-refractivity contribution in [3.63, 3.8) is 0 Å². The summed E-state index contributed by atoms with van der Waals surface area (Å²) in [5.74, 6) is -0.148. The van der Waals surface area contributed by atoms with Crippen molar-refractivity contribution in [3.05, 3.63) is 41.7 Å². The number of hydrogen-bond acceptors (Lipinski definition) is 2. The highest BCUT2D eigenvalue weighted by molar-refractivity contribution is 5.71. The molecule has 1 aromatic heterocycles. The average molecular weight is 242 g/mol. The van der Waals surface area contributed by atoms with Gasteiger partial charge >= 0.3 is 5.97 Å². The van der Waals surface area contributed by atoms with Crippen LogP contribution in [0.25, 0.3) is 11.4 Å². The number of aryl methyl sites for hydroxylation is 1. The highest BCUT2D eigenvalue weighted by Gasteiger charge is 2.26. The van der Waals surface area contributed by atoms with Crippen molar-refractivity contribution < 1.29 is 9.90 Å². The Balaban J connectivity index is 1.92. The molecule has 1 atom stereocenters. The number of aromatic amines is 1. The number of carbonyl (C=O) groups is 1. The van der Waals surface area contributed by atoms with E-state index < -0.39 is 5.97 Å². The highest BCUT2D eigenvalue weighted by atomic mass is 16.4. The molecule has 1 aromatic carbocycles. The van der Waals surface area contributed by atoms with Crippen LogP contribution in [0.3, 0.4) is 0 Å². The third kappa shape index (κ3) is 1.90. The van der Waals surface area contributed by atoms with E-state index in [0.717, 1.165) is 29.2 Å². The standard InChI is InChI=1S/C14H14N2O2/c17-14(18)10-6-7-11-12(8-10)16-13(15-11)9-4-2-1-3-5-9/h1-5,10H,6-8H2,(H,15,16)(H,17,18). The number of H-pyrrole nitrogens is 1. The van der Waals surface area contributed by atoms with E-state index in [2.05, 4.69) is 9.97 Å². The molecule has 0 saturated heterocycles. The Morgan fingerprint density at radius 1 is 1.33 bits per heavy atom. The summed E-state index contributed by atoms with van der Waals surface area (Å²) in [6.07, 6.45) is 1.99. The largest absolute Gasteiger partial charge is 0.481 e. The lowest BCUT2D eigenvalue weighted by Gasteiger charge is -2.16. The number of aromatic nitrogens is 2. The zero-order valence-electron chi connectivity index (χ0n) is 9.89. The van der Waals surface area contributed by atoms with Gasteiger partial charge in [0.05, 0.1) is 11.6 Å². The summed E-state index contributed by atoms with van der Waals surface area (Å²) in [7, 11) is 0. The summed E-state index contributed by atoms with van der Waals surface area (Å²) in [6, 6.07) is 9.90. The molecule has 2 aromatic rings. The van der Waals surface area contributed by atoms with E-state index in [9.17, 15) is 4.79 Å². The summed E-state index contributed by atoms with van der Waals surface area (Å²) in [5, 5.41) is 9.05. The predicted octanol–water partition coefficient (Wildman–Crippen LogP) is 2.27. The second-order valence-corrected chi connectivity index (χ2v) is 4.65. The fraction of sp³-hybridized carbons (Fsp3) is 0.286. The molecule has 2 N–H and O–H groups in total. The maximum absolute atomic E-state index is 11.0. The third-order valence-corrected chi connectivity index (χ3v) is 3.44. The molecule has 1 aliphatic rings. The Labute approximate surface area is 105 Å². The summed E-state index contributed by atoms with van der Waals surface area (Å²) in [5.41, 5.74) is 3.04. The Hall–Kier alpha value is -2.10. The van der Waals surface area contributed by atoms with Gasteiger partial charge in [0, 0.05) is 17.7 Å². The van der Waals surface area contributed by atoms with Crippen molar-refractivity contribution in [2.24, 2.45) is 5.92 Å². The molecule has 18 heavy (non-hydrogen) atoms. The van der Waals surface area contributed by atoms with Crippen LogP contribution in [0.2, 0.25) is 0 Å². The lowest BCUT2D eigenvalue weighted by Crippen LogP contribution is -2.22. The zero-order valence-corrected chi connectivity index (χ0v) is 9.89. The van der Waals surface area contributed by atoms with Gasteiger partial charge in [-0.1, -0.05) is 30.3 Å². The SMILES string of the molecule is O=C(O)C1CCc2nc(-c3ccccc3)[nH]c2C1. The van der Waals surface area contributed by atoms with Gasteiger partial charge < -0.3 is 10.1 Å². The van der Waals surface area contributed by atoms with E-state index in [1.807, 2.05) is 30.3 Å². The molecule has 3 rings (SSSR count). The molecule has 4 heteroatoms. The maximum Gasteiger partial charge on any atom is 0.306 e. The summed E-state index contributed by atoms with van der Waals surface area (Å²) in [6.45, 7) is 0. The minimum absolute atomic E-state index is 0.276. The maximum atomic E-state index is 11.0. The number of rotatable bonds is 2. The van der Waals surface area contributed by atoms with Gasteiger partial charge in [-0.2, -0.15) is 0 Å².